The van der Waals surface area contributed by atoms with E-state index in [2.05, 4.69) is 5.32 Å². The van der Waals surface area contributed by atoms with Gasteiger partial charge in [0, 0.05) is 17.8 Å². The molecule has 0 saturated carbocycles. The van der Waals surface area contributed by atoms with E-state index >= 15 is 0 Å². The molecule has 0 saturated heterocycles. The molecule has 4 aromatic rings. The van der Waals surface area contributed by atoms with Crippen LogP contribution >= 0.6 is 0 Å². The molecule has 1 amide bonds. The Hall–Kier alpha value is -4.47. The third-order valence-corrected chi connectivity index (χ3v) is 7.15. The highest BCUT2D eigenvalue weighted by atomic mass is 19.1. The predicted molar refractivity (Wildman–Crippen MR) is 177 cm³/mol. The molecule has 0 aliphatic heterocycles. The first-order valence-electron chi connectivity index (χ1n) is 17.6. The van der Waals surface area contributed by atoms with Crippen molar-refractivity contribution in [1.29, 1.82) is 0 Å². The monoisotopic (exact) mass is 635 g/mol. The number of hydrogen-bond donors (Lipinski definition) is 4. The molecule has 1 aromatic heterocycles. The number of rotatable bonds is 12. The second-order valence-corrected chi connectivity index (χ2v) is 12.4. The van der Waals surface area contributed by atoms with Gasteiger partial charge in [-0.15, -0.1) is 0 Å². The lowest BCUT2D eigenvalue weighted by atomic mass is 9.94. The number of nitrogens with zero attached hydrogens (tertiary/aromatic N) is 1. The van der Waals surface area contributed by atoms with Crippen LogP contribution in [0.25, 0.3) is 22.4 Å². The van der Waals surface area contributed by atoms with Crippen LogP contribution in [-0.2, 0) is 16.1 Å². The van der Waals surface area contributed by atoms with E-state index in [0.717, 1.165) is 0 Å². The summed E-state index contributed by atoms with van der Waals surface area (Å²) in [6.07, 6.45) is -2.89. The maximum Gasteiger partial charge on any atom is 0.308 e. The quantitative estimate of drug-likeness (QED) is 0.0960. The van der Waals surface area contributed by atoms with Crippen molar-refractivity contribution < 1.29 is 40.9 Å². The van der Waals surface area contributed by atoms with Gasteiger partial charge in [-0.25, -0.2) is 4.39 Å². The lowest BCUT2D eigenvalue weighted by Crippen LogP contribution is -2.28. The summed E-state index contributed by atoms with van der Waals surface area (Å²) in [5.74, 6) is -2.61. The molecule has 0 aliphatic carbocycles. The molecule has 4 N–H and O–H groups in total. The van der Waals surface area contributed by atoms with E-state index in [4.69, 9.17) is 11.6 Å². The van der Waals surface area contributed by atoms with Crippen LogP contribution in [0.1, 0.15) is 82.7 Å². The van der Waals surface area contributed by atoms with Crippen LogP contribution in [0.2, 0.25) is 0 Å². The summed E-state index contributed by atoms with van der Waals surface area (Å²) in [6, 6.07) is 8.26. The third-order valence-electron chi connectivity index (χ3n) is 7.15. The summed E-state index contributed by atoms with van der Waals surface area (Å²) >= 11 is 0. The molecule has 2 atom stereocenters. The average Bonchev–Trinajstić information content (AvgIpc) is 3.37. The summed E-state index contributed by atoms with van der Waals surface area (Å²) < 4.78 is 64.1. The summed E-state index contributed by atoms with van der Waals surface area (Å²) in [5, 5.41) is 34.8. The Morgan fingerprint density at radius 2 is 1.63 bits per heavy atom. The van der Waals surface area contributed by atoms with Crippen LogP contribution in [0.5, 0.6) is 5.75 Å². The lowest BCUT2D eigenvalue weighted by molar-refractivity contribution is -0.157. The Bertz CT molecular complexity index is 1900. The third kappa shape index (κ3) is 8.62. The molecule has 0 aliphatic rings. The van der Waals surface area contributed by atoms with Crippen LogP contribution in [0, 0.1) is 5.82 Å². The Kier molecular flexibility index (Phi) is 8.92. The van der Waals surface area contributed by atoms with Crippen LogP contribution in [0.15, 0.2) is 78.7 Å². The van der Waals surface area contributed by atoms with Crippen molar-refractivity contribution in [2.75, 3.05) is 5.32 Å². The van der Waals surface area contributed by atoms with E-state index in [1.54, 1.807) is 51.3 Å². The number of aliphatic hydroxyl groups excluding tert-OH is 2. The van der Waals surface area contributed by atoms with Crippen LogP contribution < -0.4 is 5.32 Å². The van der Waals surface area contributed by atoms with E-state index in [-0.39, 0.29) is 59.6 Å². The standard InChI is InChI=1S/C37H43FN2O6/c1-23(2)34-33(36(45)39-29-13-9-10-14-30(29)43)32(24-11-7-6-8-12-24)35(25-15-17-26(38)18-16-25)40(34)20-19-27(41)21-28(42)22-31(44)46-37(3,4)5/h6-18,23,27-28,41-43H,19-22H2,1-5H3,(H,39,45)/i6D,7D,8D,11D,12D. The average molecular weight is 636 g/mol. The second-order valence-electron chi connectivity index (χ2n) is 12.4. The number of aliphatic hydroxyl groups is 2. The molecule has 0 spiro atoms. The predicted octanol–water partition coefficient (Wildman–Crippen LogP) is 7.28. The van der Waals surface area contributed by atoms with E-state index in [1.165, 1.54) is 36.4 Å². The lowest BCUT2D eigenvalue weighted by Gasteiger charge is -2.22. The van der Waals surface area contributed by atoms with E-state index in [0.29, 0.717) is 11.3 Å². The van der Waals surface area contributed by atoms with Gasteiger partial charge in [-0.1, -0.05) is 56.2 Å². The summed E-state index contributed by atoms with van der Waals surface area (Å²) in [5.41, 5.74) is -0.0886. The van der Waals surface area contributed by atoms with Crippen molar-refractivity contribution in [2.24, 2.45) is 0 Å². The van der Waals surface area contributed by atoms with Gasteiger partial charge >= 0.3 is 5.97 Å². The van der Waals surface area contributed by atoms with Crippen LogP contribution in [0.3, 0.4) is 0 Å². The smallest absolute Gasteiger partial charge is 0.308 e. The van der Waals surface area contributed by atoms with Gasteiger partial charge in [0.15, 0.2) is 0 Å². The number of ether oxygens (including phenoxy) is 1. The number of benzene rings is 3. The Morgan fingerprint density at radius 3 is 2.24 bits per heavy atom. The number of anilines is 1. The number of esters is 1. The van der Waals surface area contributed by atoms with Crippen molar-refractivity contribution in [3.05, 3.63) is 95.8 Å². The maximum absolute atomic E-state index is 14.4. The number of halogens is 1. The van der Waals surface area contributed by atoms with E-state index < -0.39 is 71.6 Å². The number of nitrogens with one attached hydrogen (secondary N) is 1. The summed E-state index contributed by atoms with van der Waals surface area (Å²) in [4.78, 5) is 26.7. The zero-order chi connectivity index (χ0) is 37.9. The number of carbonyl (C=O) groups excluding carboxylic acids is 2. The number of phenols is 1. The molecule has 244 valence electrons. The number of hydrogen-bond acceptors (Lipinski definition) is 6. The molecule has 1 heterocycles. The topological polar surface area (TPSA) is 121 Å². The van der Waals surface area contributed by atoms with Crippen molar-refractivity contribution in [1.82, 2.24) is 4.57 Å². The van der Waals surface area contributed by atoms with Gasteiger partial charge in [0.2, 0.25) is 0 Å². The molecule has 2 unspecified atom stereocenters. The van der Waals surface area contributed by atoms with Gasteiger partial charge in [0.25, 0.3) is 5.91 Å². The molecular weight excluding hydrogens is 587 g/mol. The largest absolute Gasteiger partial charge is 0.506 e. The number of aromatic hydroxyl groups is 1. The van der Waals surface area contributed by atoms with Gasteiger partial charge in [-0.2, -0.15) is 0 Å². The first-order valence-corrected chi connectivity index (χ1v) is 15.1. The number of amides is 1. The molecule has 0 fully saturated rings. The summed E-state index contributed by atoms with van der Waals surface area (Å²) in [7, 11) is 0. The minimum Gasteiger partial charge on any atom is -0.506 e. The Morgan fingerprint density at radius 1 is 0.978 bits per heavy atom. The van der Waals surface area contributed by atoms with E-state index in [1.807, 2.05) is 0 Å². The maximum atomic E-state index is 14.4. The minimum atomic E-state index is -1.22. The fourth-order valence-electron chi connectivity index (χ4n) is 5.36. The zero-order valence-corrected chi connectivity index (χ0v) is 26.6. The highest BCUT2D eigenvalue weighted by Crippen LogP contribution is 2.43. The van der Waals surface area contributed by atoms with Crippen LogP contribution in [0.4, 0.5) is 10.1 Å². The Labute approximate surface area is 276 Å². The molecule has 4 rings (SSSR count). The molecular formula is C37H43FN2O6. The highest BCUT2D eigenvalue weighted by Gasteiger charge is 2.31. The minimum absolute atomic E-state index is 0.00390. The molecule has 0 bridgehead atoms. The summed E-state index contributed by atoms with van der Waals surface area (Å²) in [6.45, 7) is 8.68. The van der Waals surface area contributed by atoms with Crippen molar-refractivity contribution in [3.8, 4) is 28.1 Å². The normalized spacial score (nSPS) is 14.5. The first kappa shape index (κ1) is 27.8. The van der Waals surface area contributed by atoms with Crippen LogP contribution in [-0.4, -0.2) is 49.6 Å². The molecule has 46 heavy (non-hydrogen) atoms. The fraction of sp³-hybridized carbons (Fsp3) is 0.351. The van der Waals surface area contributed by atoms with Gasteiger partial charge in [0.05, 0.1) is 42.4 Å². The number of para-hydroxylation sites is 2. The van der Waals surface area contributed by atoms with Gasteiger partial charge in [-0.05, 0) is 87.1 Å². The van der Waals surface area contributed by atoms with Gasteiger partial charge < -0.3 is 29.9 Å². The zero-order valence-electron chi connectivity index (χ0n) is 31.6. The first-order chi connectivity index (χ1) is 23.8. The van der Waals surface area contributed by atoms with Crippen molar-refractivity contribution in [3.63, 3.8) is 0 Å². The van der Waals surface area contributed by atoms with E-state index in [9.17, 15) is 29.3 Å². The highest BCUT2D eigenvalue weighted by molar-refractivity contribution is 6.13. The number of carbonyl (C=O) groups is 2. The fourth-order valence-corrected chi connectivity index (χ4v) is 5.36. The number of aromatic nitrogens is 1. The molecule has 8 nitrogen and oxygen atoms in total. The SMILES string of the molecule is [2H]c1c([2H])c([2H])c(-c2c(C(=O)Nc3ccccc3O)c(C(C)C)n(CCC(O)CC(O)CC(=O)OC(C)(C)C)c2-c2ccc(F)cc2)c([2H])c1[2H]. The molecule has 9 heteroatoms. The van der Waals surface area contributed by atoms with Crippen molar-refractivity contribution >= 4 is 17.6 Å². The molecule has 3 aromatic carbocycles. The van der Waals surface area contributed by atoms with Gasteiger partial charge in [-0.3, -0.25) is 9.59 Å². The second kappa shape index (κ2) is 14.7. The Balaban J connectivity index is 1.95. The van der Waals surface area contributed by atoms with Gasteiger partial charge in [0.1, 0.15) is 17.2 Å². The van der Waals surface area contributed by atoms with Crippen molar-refractivity contribution in [2.45, 2.75) is 84.2 Å². The molecule has 0 radical (unpaired) electrons. The number of phenolic OH excluding ortho intramolecular Hbond substituents is 1.